The van der Waals surface area contributed by atoms with Crippen LogP contribution in [0.3, 0.4) is 0 Å². The molecule has 0 aromatic heterocycles. The van der Waals surface area contributed by atoms with Gasteiger partial charge in [-0.25, -0.2) is 13.2 Å². The van der Waals surface area contributed by atoms with E-state index < -0.39 is 23.5 Å². The van der Waals surface area contributed by atoms with Gasteiger partial charge in [-0.2, -0.15) is 0 Å². The third kappa shape index (κ3) is 6.66. The molecule has 4 atom stereocenters. The van der Waals surface area contributed by atoms with Crippen molar-refractivity contribution in [2.45, 2.75) is 75.4 Å². The van der Waals surface area contributed by atoms with Gasteiger partial charge in [0.2, 0.25) is 11.8 Å². The molecule has 3 aromatic rings. The zero-order chi connectivity index (χ0) is 32.4. The highest BCUT2D eigenvalue weighted by Gasteiger charge is 2.45. The number of halogens is 3. The molecule has 2 unspecified atom stereocenters. The topological polar surface area (TPSA) is 61.9 Å². The summed E-state index contributed by atoms with van der Waals surface area (Å²) in [5, 5.41) is 3.18. The largest absolute Gasteiger partial charge is 0.496 e. The highest BCUT2D eigenvalue weighted by atomic mass is 19.2. The van der Waals surface area contributed by atoms with Gasteiger partial charge >= 0.3 is 0 Å². The Balaban J connectivity index is 1.12. The van der Waals surface area contributed by atoms with Gasteiger partial charge in [0.1, 0.15) is 17.5 Å². The maximum absolute atomic E-state index is 14.3. The summed E-state index contributed by atoms with van der Waals surface area (Å²) in [4.78, 5) is 32.2. The number of benzene rings is 3. The van der Waals surface area contributed by atoms with E-state index in [2.05, 4.69) is 10.2 Å². The molecule has 3 aliphatic rings. The molecule has 6 rings (SSSR count). The molecule has 3 fully saturated rings. The summed E-state index contributed by atoms with van der Waals surface area (Å²) >= 11 is 0. The van der Waals surface area contributed by atoms with Crippen LogP contribution in [-0.2, 0) is 9.59 Å². The lowest BCUT2D eigenvalue weighted by Crippen LogP contribution is -2.53. The van der Waals surface area contributed by atoms with Crippen molar-refractivity contribution in [2.24, 2.45) is 5.92 Å². The molecule has 2 saturated heterocycles. The highest BCUT2D eigenvalue weighted by molar-refractivity contribution is 6.02. The van der Waals surface area contributed by atoms with Crippen molar-refractivity contribution in [3.8, 4) is 5.75 Å². The van der Waals surface area contributed by atoms with Crippen LogP contribution < -0.4 is 10.1 Å². The summed E-state index contributed by atoms with van der Waals surface area (Å²) in [6, 6.07) is 18.2. The van der Waals surface area contributed by atoms with Crippen molar-refractivity contribution in [1.29, 1.82) is 0 Å². The van der Waals surface area contributed by atoms with Crippen molar-refractivity contribution in [1.82, 2.24) is 15.1 Å². The quantitative estimate of drug-likeness (QED) is 0.280. The Morgan fingerprint density at radius 2 is 1.65 bits per heavy atom. The van der Waals surface area contributed by atoms with Crippen molar-refractivity contribution >= 4 is 11.8 Å². The fraction of sp³-hybridized carbons (Fsp3) is 0.459. The molecule has 3 aromatic carbocycles. The lowest BCUT2D eigenvalue weighted by atomic mass is 9.78. The van der Waals surface area contributed by atoms with Crippen LogP contribution in [0.25, 0.3) is 0 Å². The van der Waals surface area contributed by atoms with Crippen molar-refractivity contribution in [2.75, 3.05) is 26.7 Å². The van der Waals surface area contributed by atoms with Gasteiger partial charge < -0.3 is 15.0 Å². The second-order valence-electron chi connectivity index (χ2n) is 13.0. The van der Waals surface area contributed by atoms with E-state index in [-0.39, 0.29) is 29.7 Å². The van der Waals surface area contributed by atoms with E-state index >= 15 is 0 Å². The molecular formula is C37H42F3N3O3. The Hall–Kier alpha value is -3.85. The summed E-state index contributed by atoms with van der Waals surface area (Å²) in [7, 11) is 1.57. The van der Waals surface area contributed by atoms with Crippen LogP contribution in [0.5, 0.6) is 5.75 Å². The fourth-order valence-corrected chi connectivity index (χ4v) is 7.90. The number of methoxy groups -OCH3 is 1. The number of nitrogens with zero attached hydrogens (tertiary/aromatic N) is 2. The van der Waals surface area contributed by atoms with Crippen LogP contribution in [-0.4, -0.2) is 60.4 Å². The van der Waals surface area contributed by atoms with Gasteiger partial charge in [-0.15, -0.1) is 0 Å². The van der Waals surface area contributed by atoms with Crippen LogP contribution in [0.15, 0.2) is 66.7 Å². The molecule has 6 nitrogen and oxygen atoms in total. The number of ether oxygens (including phenoxy) is 1. The lowest BCUT2D eigenvalue weighted by Gasteiger charge is -2.41. The first kappa shape index (κ1) is 32.1. The minimum absolute atomic E-state index is 0.109. The van der Waals surface area contributed by atoms with Crippen LogP contribution >= 0.6 is 0 Å². The van der Waals surface area contributed by atoms with Gasteiger partial charge in [0, 0.05) is 43.7 Å². The molecule has 0 radical (unpaired) electrons. The van der Waals surface area contributed by atoms with Crippen LogP contribution in [0.2, 0.25) is 0 Å². The second kappa shape index (κ2) is 13.9. The predicted octanol–water partition coefficient (Wildman–Crippen LogP) is 6.72. The Labute approximate surface area is 268 Å². The molecule has 9 heteroatoms. The number of amides is 2. The molecule has 1 aliphatic carbocycles. The van der Waals surface area contributed by atoms with E-state index in [0.29, 0.717) is 42.8 Å². The van der Waals surface area contributed by atoms with Gasteiger partial charge in [-0.3, -0.25) is 14.5 Å². The summed E-state index contributed by atoms with van der Waals surface area (Å²) in [5.74, 6) is -3.57. The maximum atomic E-state index is 14.3. The molecule has 0 bridgehead atoms. The summed E-state index contributed by atoms with van der Waals surface area (Å²) in [6.45, 7) is 3.91. The molecule has 2 aliphatic heterocycles. The van der Waals surface area contributed by atoms with E-state index in [4.69, 9.17) is 4.74 Å². The highest BCUT2D eigenvalue weighted by Crippen LogP contribution is 2.41. The molecule has 1 saturated carbocycles. The smallest absolute Gasteiger partial charge is 0.236 e. The minimum Gasteiger partial charge on any atom is -0.496 e. The first-order chi connectivity index (χ1) is 22.2. The number of carbonyl (C=O) groups is 2. The molecule has 0 spiro atoms. The van der Waals surface area contributed by atoms with Gasteiger partial charge in [0.05, 0.1) is 13.2 Å². The van der Waals surface area contributed by atoms with Crippen molar-refractivity contribution in [3.05, 3.63) is 101 Å². The fourth-order valence-electron chi connectivity index (χ4n) is 7.90. The standard InChI is InChI=1S/C37H42F3N3O3/c1-23(24-6-4-3-5-7-24)43-19-17-31(26-10-15-32(39)33(40)20-26)35(37(43)45)36(44)41-28-16-18-42(22-28)29-12-8-25(9-13-29)30-14-11-27(38)21-34(30)46-2/h3-7,10-11,14-15,20-21,23,25,28-29,31,35H,8-9,12-13,16-19,22H2,1-2H3,(H,41,44)/t23-,25?,28-,29?,31?,35?/m1/s1. The molecule has 2 heterocycles. The monoisotopic (exact) mass is 633 g/mol. The normalized spacial score (nSPS) is 26.2. The zero-order valence-corrected chi connectivity index (χ0v) is 26.4. The number of hydrogen-bond acceptors (Lipinski definition) is 4. The predicted molar refractivity (Wildman–Crippen MR) is 170 cm³/mol. The van der Waals surface area contributed by atoms with Gasteiger partial charge in [-0.05, 0) is 86.3 Å². The third-order valence-electron chi connectivity index (χ3n) is 10.5. The Morgan fingerprint density at radius 3 is 2.37 bits per heavy atom. The van der Waals surface area contributed by atoms with Gasteiger partial charge in [0.15, 0.2) is 11.6 Å². The zero-order valence-electron chi connectivity index (χ0n) is 26.4. The second-order valence-corrected chi connectivity index (χ2v) is 13.0. The lowest BCUT2D eigenvalue weighted by molar-refractivity contribution is -0.148. The van der Waals surface area contributed by atoms with Gasteiger partial charge in [0.25, 0.3) is 0 Å². The molecule has 244 valence electrons. The number of likely N-dealkylation sites (tertiary alicyclic amines) is 2. The van der Waals surface area contributed by atoms with E-state index in [1.54, 1.807) is 12.0 Å². The Kier molecular flexibility index (Phi) is 9.68. The molecular weight excluding hydrogens is 591 g/mol. The van der Waals surface area contributed by atoms with Crippen molar-refractivity contribution in [3.63, 3.8) is 0 Å². The molecule has 1 N–H and O–H groups in total. The number of rotatable bonds is 8. The van der Waals surface area contributed by atoms with Crippen LogP contribution in [0.4, 0.5) is 13.2 Å². The van der Waals surface area contributed by atoms with Crippen molar-refractivity contribution < 1.29 is 27.5 Å². The van der Waals surface area contributed by atoms with E-state index in [0.717, 1.165) is 61.9 Å². The minimum atomic E-state index is -1.04. The van der Waals surface area contributed by atoms with Gasteiger partial charge in [-0.1, -0.05) is 42.5 Å². The average Bonchev–Trinajstić information content (AvgIpc) is 3.54. The molecule has 2 amide bonds. The maximum Gasteiger partial charge on any atom is 0.236 e. The first-order valence-corrected chi connectivity index (χ1v) is 16.4. The van der Waals surface area contributed by atoms with Crippen LogP contribution in [0.1, 0.15) is 80.0 Å². The van der Waals surface area contributed by atoms with Crippen LogP contribution in [0, 0.1) is 23.4 Å². The van der Waals surface area contributed by atoms with E-state index in [1.807, 2.05) is 43.3 Å². The number of nitrogens with one attached hydrogen (secondary N) is 1. The number of carbonyl (C=O) groups excluding carboxylic acids is 2. The summed E-state index contributed by atoms with van der Waals surface area (Å²) < 4.78 is 47.3. The summed E-state index contributed by atoms with van der Waals surface area (Å²) in [5.41, 5.74) is 2.49. The van der Waals surface area contributed by atoms with E-state index in [9.17, 15) is 22.8 Å². The average molecular weight is 634 g/mol. The van der Waals surface area contributed by atoms with E-state index in [1.165, 1.54) is 18.2 Å². The summed E-state index contributed by atoms with van der Waals surface area (Å²) in [6.07, 6.45) is 5.18. The first-order valence-electron chi connectivity index (χ1n) is 16.4. The Morgan fingerprint density at radius 1 is 0.891 bits per heavy atom. The number of hydrogen-bond donors (Lipinski definition) is 1. The third-order valence-corrected chi connectivity index (χ3v) is 10.5. The SMILES string of the molecule is COc1cc(F)ccc1C1CCC(N2CC[C@@H](NC(=O)C3C(=O)N([C@H](C)c4ccccc4)CCC3c3ccc(F)c(F)c3)C2)CC1. The number of piperidine rings is 1. The molecule has 46 heavy (non-hydrogen) atoms. The Bertz CT molecular complexity index is 1550.